The molecule has 1 saturated heterocycles. The molecule has 1 fully saturated rings. The highest BCUT2D eigenvalue weighted by Gasteiger charge is 2.24. The minimum Gasteiger partial charge on any atom is -0.379 e. The van der Waals surface area contributed by atoms with E-state index in [0.29, 0.717) is 31.1 Å². The molecular weight excluding hydrogens is 426 g/mol. The first-order valence-corrected chi connectivity index (χ1v) is 12.1. The number of fused-ring (bicyclic) bond motifs is 1. The minimum atomic E-state index is -3.55. The summed E-state index contributed by atoms with van der Waals surface area (Å²) in [6, 6.07) is 10.5. The first-order chi connectivity index (χ1) is 14.2. The van der Waals surface area contributed by atoms with Crippen LogP contribution in [0.3, 0.4) is 0 Å². The number of likely N-dealkylation sites (tertiary alicyclic amines) is 1. The standard InChI is InChI=1S/C21H28ClN3O4S/c22-17-3-1-16-14-19(4-2-15(16)13-17)30(28,29)12-8-21(27)25-10-6-18(7-11-25)24-9-5-20(23)26/h1-4,13-14,18,20,24,26H,5-12,23H2. The summed E-state index contributed by atoms with van der Waals surface area (Å²) in [6.07, 6.45) is 1.23. The van der Waals surface area contributed by atoms with E-state index in [1.54, 1.807) is 41.3 Å². The maximum Gasteiger partial charge on any atom is 0.223 e. The lowest BCUT2D eigenvalue weighted by molar-refractivity contribution is -0.131. The second-order valence-electron chi connectivity index (χ2n) is 7.69. The molecule has 0 spiro atoms. The highest BCUT2D eigenvalue weighted by atomic mass is 35.5. The molecular formula is C21H28ClN3O4S. The number of nitrogens with zero attached hydrogens (tertiary/aromatic N) is 1. The average molecular weight is 454 g/mol. The molecule has 3 rings (SSSR count). The highest BCUT2D eigenvalue weighted by Crippen LogP contribution is 2.23. The van der Waals surface area contributed by atoms with Crippen molar-refractivity contribution in [3.63, 3.8) is 0 Å². The van der Waals surface area contributed by atoms with Gasteiger partial charge in [-0.2, -0.15) is 0 Å². The number of nitrogens with two attached hydrogens (primary N) is 1. The number of aliphatic hydroxyl groups is 1. The first-order valence-electron chi connectivity index (χ1n) is 10.1. The number of nitrogens with one attached hydrogen (secondary N) is 1. The molecule has 1 unspecified atom stereocenters. The van der Waals surface area contributed by atoms with Gasteiger partial charge in [-0.3, -0.25) is 4.79 Å². The molecule has 4 N–H and O–H groups in total. The Labute approximate surface area is 182 Å². The maximum absolute atomic E-state index is 12.7. The second kappa shape index (κ2) is 10.1. The van der Waals surface area contributed by atoms with Crippen LogP contribution in [0.4, 0.5) is 0 Å². The molecule has 1 aliphatic heterocycles. The van der Waals surface area contributed by atoms with Gasteiger partial charge in [0.2, 0.25) is 5.91 Å². The van der Waals surface area contributed by atoms with E-state index in [2.05, 4.69) is 5.32 Å². The van der Waals surface area contributed by atoms with Crippen molar-refractivity contribution >= 4 is 38.1 Å². The molecule has 1 atom stereocenters. The zero-order valence-electron chi connectivity index (χ0n) is 16.8. The van der Waals surface area contributed by atoms with Crippen LogP contribution in [0.1, 0.15) is 25.7 Å². The fraction of sp³-hybridized carbons (Fsp3) is 0.476. The predicted molar refractivity (Wildman–Crippen MR) is 118 cm³/mol. The third kappa shape index (κ3) is 6.15. The summed E-state index contributed by atoms with van der Waals surface area (Å²) >= 11 is 5.97. The normalized spacial score (nSPS) is 16.7. The lowest BCUT2D eigenvalue weighted by atomic mass is 10.0. The molecule has 0 radical (unpaired) electrons. The Balaban J connectivity index is 1.51. The number of rotatable bonds is 8. The van der Waals surface area contributed by atoms with Gasteiger partial charge in [-0.1, -0.05) is 23.7 Å². The topological polar surface area (TPSA) is 113 Å². The quantitative estimate of drug-likeness (QED) is 0.526. The molecule has 0 bridgehead atoms. The second-order valence-corrected chi connectivity index (χ2v) is 10.2. The first kappa shape index (κ1) is 23.0. The Morgan fingerprint density at radius 2 is 1.87 bits per heavy atom. The van der Waals surface area contributed by atoms with E-state index >= 15 is 0 Å². The summed E-state index contributed by atoms with van der Waals surface area (Å²) in [7, 11) is -3.55. The van der Waals surface area contributed by atoms with Crippen LogP contribution in [0.25, 0.3) is 10.8 Å². The number of benzene rings is 2. The molecule has 2 aromatic carbocycles. The molecule has 30 heavy (non-hydrogen) atoms. The summed E-state index contributed by atoms with van der Waals surface area (Å²) < 4.78 is 25.4. The molecule has 0 saturated carbocycles. The minimum absolute atomic E-state index is 0.0293. The van der Waals surface area contributed by atoms with E-state index < -0.39 is 16.1 Å². The van der Waals surface area contributed by atoms with Crippen molar-refractivity contribution in [3.8, 4) is 0 Å². The summed E-state index contributed by atoms with van der Waals surface area (Å²) in [4.78, 5) is 14.5. The summed E-state index contributed by atoms with van der Waals surface area (Å²) in [5, 5.41) is 14.7. The van der Waals surface area contributed by atoms with Gasteiger partial charge in [0, 0.05) is 30.6 Å². The number of hydrogen-bond acceptors (Lipinski definition) is 6. The van der Waals surface area contributed by atoms with Gasteiger partial charge in [0.1, 0.15) is 6.23 Å². The van der Waals surface area contributed by atoms with Gasteiger partial charge >= 0.3 is 0 Å². The number of piperidine rings is 1. The van der Waals surface area contributed by atoms with Gasteiger partial charge in [0.25, 0.3) is 0 Å². The molecule has 7 nitrogen and oxygen atoms in total. The summed E-state index contributed by atoms with van der Waals surface area (Å²) in [5.74, 6) is -0.348. The van der Waals surface area contributed by atoms with E-state index in [0.717, 1.165) is 23.6 Å². The molecule has 1 amide bonds. The van der Waals surface area contributed by atoms with Crippen LogP contribution >= 0.6 is 11.6 Å². The van der Waals surface area contributed by atoms with Crippen LogP contribution in [-0.4, -0.2) is 62.0 Å². The number of hydrogen-bond donors (Lipinski definition) is 3. The van der Waals surface area contributed by atoms with Gasteiger partial charge < -0.3 is 21.1 Å². The van der Waals surface area contributed by atoms with Crippen molar-refractivity contribution in [1.29, 1.82) is 0 Å². The Bertz CT molecular complexity index is 989. The van der Waals surface area contributed by atoms with Gasteiger partial charge in [-0.05, 0) is 60.8 Å². The average Bonchev–Trinajstić information content (AvgIpc) is 2.72. The number of aliphatic hydroxyl groups excluding tert-OH is 1. The van der Waals surface area contributed by atoms with Crippen molar-refractivity contribution in [2.24, 2.45) is 5.73 Å². The van der Waals surface area contributed by atoms with E-state index in [-0.39, 0.29) is 29.0 Å². The monoisotopic (exact) mass is 453 g/mol. The fourth-order valence-electron chi connectivity index (χ4n) is 3.65. The molecule has 1 heterocycles. The smallest absolute Gasteiger partial charge is 0.223 e. The molecule has 9 heteroatoms. The van der Waals surface area contributed by atoms with Crippen LogP contribution in [0.5, 0.6) is 0 Å². The number of carbonyl (C=O) groups is 1. The lowest BCUT2D eigenvalue weighted by Crippen LogP contribution is -2.45. The van der Waals surface area contributed by atoms with Crippen molar-refractivity contribution in [2.75, 3.05) is 25.4 Å². The Hall–Kier alpha value is -1.71. The highest BCUT2D eigenvalue weighted by molar-refractivity contribution is 7.91. The van der Waals surface area contributed by atoms with E-state index in [1.807, 2.05) is 0 Å². The zero-order valence-corrected chi connectivity index (χ0v) is 18.3. The van der Waals surface area contributed by atoms with Gasteiger partial charge in [0.05, 0.1) is 10.6 Å². The van der Waals surface area contributed by atoms with Crippen molar-refractivity contribution < 1.29 is 18.3 Å². The summed E-state index contributed by atoms with van der Waals surface area (Å²) in [5.41, 5.74) is 5.32. The molecule has 2 aromatic rings. The van der Waals surface area contributed by atoms with Gasteiger partial charge in [-0.15, -0.1) is 0 Å². The van der Waals surface area contributed by atoms with Crippen molar-refractivity contribution in [3.05, 3.63) is 41.4 Å². The maximum atomic E-state index is 12.7. The lowest BCUT2D eigenvalue weighted by Gasteiger charge is -2.32. The van der Waals surface area contributed by atoms with Crippen LogP contribution in [0.15, 0.2) is 41.3 Å². The number of amides is 1. The number of halogens is 1. The van der Waals surface area contributed by atoms with Crippen molar-refractivity contribution in [2.45, 2.75) is 42.8 Å². The third-order valence-electron chi connectivity index (χ3n) is 5.44. The van der Waals surface area contributed by atoms with Crippen LogP contribution in [0.2, 0.25) is 5.02 Å². The molecule has 0 aliphatic carbocycles. The van der Waals surface area contributed by atoms with Gasteiger partial charge in [0.15, 0.2) is 9.84 Å². The fourth-order valence-corrected chi connectivity index (χ4v) is 5.10. The Morgan fingerprint density at radius 3 is 2.57 bits per heavy atom. The van der Waals surface area contributed by atoms with Gasteiger partial charge in [-0.25, -0.2) is 8.42 Å². The number of carbonyl (C=O) groups excluding carboxylic acids is 1. The largest absolute Gasteiger partial charge is 0.379 e. The summed E-state index contributed by atoms with van der Waals surface area (Å²) in [6.45, 7) is 1.82. The van der Waals surface area contributed by atoms with Crippen LogP contribution < -0.4 is 11.1 Å². The predicted octanol–water partition coefficient (Wildman–Crippen LogP) is 1.90. The van der Waals surface area contributed by atoms with E-state index in [9.17, 15) is 13.2 Å². The molecule has 1 aliphatic rings. The number of sulfone groups is 1. The Morgan fingerprint density at radius 1 is 1.20 bits per heavy atom. The SMILES string of the molecule is NC(O)CCNC1CCN(C(=O)CCS(=O)(=O)c2ccc3cc(Cl)ccc3c2)CC1. The Kier molecular flexibility index (Phi) is 7.70. The van der Waals surface area contributed by atoms with Crippen molar-refractivity contribution in [1.82, 2.24) is 10.2 Å². The van der Waals surface area contributed by atoms with Crippen LogP contribution in [0, 0.1) is 0 Å². The van der Waals surface area contributed by atoms with E-state index in [1.165, 1.54) is 0 Å². The third-order valence-corrected chi connectivity index (χ3v) is 7.39. The molecule has 0 aromatic heterocycles. The van der Waals surface area contributed by atoms with Crippen LogP contribution in [-0.2, 0) is 14.6 Å². The molecule has 164 valence electrons. The van der Waals surface area contributed by atoms with E-state index in [4.69, 9.17) is 22.4 Å². The zero-order chi connectivity index (χ0) is 21.7.